The quantitative estimate of drug-likeness (QED) is 0.827. The Balaban J connectivity index is 1.86. The molecular weight excluding hydrogens is 244 g/mol. The molecule has 0 fully saturated rings. The molecule has 18 heavy (non-hydrogen) atoms. The largest absolute Gasteiger partial charge is 0.358 e. The molecule has 2 aromatic rings. The number of thiocarbonyl (C=S) groups is 1. The van der Waals surface area contributed by atoms with E-state index in [4.69, 9.17) is 12.2 Å². The van der Waals surface area contributed by atoms with Gasteiger partial charge in [-0.05, 0) is 30.8 Å². The van der Waals surface area contributed by atoms with Crippen molar-refractivity contribution in [2.75, 3.05) is 5.32 Å². The van der Waals surface area contributed by atoms with Crippen LogP contribution < -0.4 is 10.6 Å². The highest BCUT2D eigenvalue weighted by Crippen LogP contribution is 2.00. The second-order valence-corrected chi connectivity index (χ2v) is 4.22. The lowest BCUT2D eigenvalue weighted by atomic mass is 10.2. The van der Waals surface area contributed by atoms with Gasteiger partial charge in [0.05, 0.1) is 0 Å². The van der Waals surface area contributed by atoms with Crippen LogP contribution >= 0.6 is 12.2 Å². The number of hydrogen-bond donors (Lipinski definition) is 2. The van der Waals surface area contributed by atoms with Crippen LogP contribution in [0.2, 0.25) is 0 Å². The molecule has 0 unspecified atom stereocenters. The van der Waals surface area contributed by atoms with Gasteiger partial charge in [0.1, 0.15) is 0 Å². The fourth-order valence-corrected chi connectivity index (χ4v) is 1.60. The third-order valence-corrected chi connectivity index (χ3v) is 2.56. The zero-order valence-electron chi connectivity index (χ0n) is 10.1. The predicted molar refractivity (Wildman–Crippen MR) is 76.3 cm³/mol. The first kappa shape index (κ1) is 12.4. The summed E-state index contributed by atoms with van der Waals surface area (Å²) < 4.78 is 0. The molecule has 4 nitrogen and oxygen atoms in total. The molecule has 2 rings (SSSR count). The van der Waals surface area contributed by atoms with Gasteiger partial charge in [-0.1, -0.05) is 30.3 Å². The molecule has 1 heterocycles. The maximum atomic E-state index is 5.18. The van der Waals surface area contributed by atoms with Crippen LogP contribution in [0.1, 0.15) is 11.3 Å². The first-order valence-electron chi connectivity index (χ1n) is 5.62. The van der Waals surface area contributed by atoms with Gasteiger partial charge in [-0.2, -0.15) is 0 Å². The third kappa shape index (κ3) is 3.78. The van der Waals surface area contributed by atoms with Crippen molar-refractivity contribution in [1.29, 1.82) is 0 Å². The highest BCUT2D eigenvalue weighted by atomic mass is 32.1. The number of nitrogens with zero attached hydrogens (tertiary/aromatic N) is 2. The number of anilines is 1. The average Bonchev–Trinajstić information content (AvgIpc) is 2.38. The molecule has 0 amide bonds. The van der Waals surface area contributed by atoms with Crippen molar-refractivity contribution in [3.8, 4) is 0 Å². The van der Waals surface area contributed by atoms with Crippen molar-refractivity contribution in [2.24, 2.45) is 0 Å². The third-order valence-electron chi connectivity index (χ3n) is 2.32. The van der Waals surface area contributed by atoms with E-state index in [0.29, 0.717) is 17.6 Å². The van der Waals surface area contributed by atoms with E-state index < -0.39 is 0 Å². The summed E-state index contributed by atoms with van der Waals surface area (Å²) in [5, 5.41) is 6.58. The highest BCUT2D eigenvalue weighted by Gasteiger charge is 2.00. The molecule has 2 N–H and O–H groups in total. The zero-order valence-corrected chi connectivity index (χ0v) is 10.9. The molecule has 1 aromatic heterocycles. The number of aromatic nitrogens is 2. The number of aryl methyl sites for hydroxylation is 1. The molecule has 0 saturated heterocycles. The van der Waals surface area contributed by atoms with Crippen molar-refractivity contribution in [2.45, 2.75) is 13.5 Å². The second kappa shape index (κ2) is 6.07. The molecule has 0 saturated carbocycles. The van der Waals surface area contributed by atoms with Gasteiger partial charge in [-0.25, -0.2) is 9.97 Å². The molecule has 0 bridgehead atoms. The van der Waals surface area contributed by atoms with Crippen LogP contribution in [0.25, 0.3) is 0 Å². The van der Waals surface area contributed by atoms with E-state index in [2.05, 4.69) is 20.6 Å². The monoisotopic (exact) mass is 258 g/mol. The maximum Gasteiger partial charge on any atom is 0.229 e. The van der Waals surface area contributed by atoms with Crippen molar-refractivity contribution >= 4 is 23.3 Å². The van der Waals surface area contributed by atoms with Gasteiger partial charge in [-0.3, -0.25) is 0 Å². The number of nitrogens with one attached hydrogen (secondary N) is 2. The Morgan fingerprint density at radius 1 is 1.22 bits per heavy atom. The summed E-state index contributed by atoms with van der Waals surface area (Å²) in [4.78, 5) is 8.30. The van der Waals surface area contributed by atoms with Crippen LogP contribution in [0.4, 0.5) is 5.95 Å². The Hall–Kier alpha value is -2.01. The van der Waals surface area contributed by atoms with Gasteiger partial charge < -0.3 is 10.6 Å². The maximum absolute atomic E-state index is 5.18. The lowest BCUT2D eigenvalue weighted by Gasteiger charge is -2.09. The van der Waals surface area contributed by atoms with Crippen LogP contribution in [-0.4, -0.2) is 15.1 Å². The van der Waals surface area contributed by atoms with Crippen LogP contribution in [0.5, 0.6) is 0 Å². The molecule has 0 atom stereocenters. The van der Waals surface area contributed by atoms with E-state index in [1.165, 1.54) is 5.56 Å². The van der Waals surface area contributed by atoms with Crippen LogP contribution in [0.3, 0.4) is 0 Å². The van der Waals surface area contributed by atoms with E-state index in [1.54, 1.807) is 6.20 Å². The van der Waals surface area contributed by atoms with E-state index in [-0.39, 0.29) is 0 Å². The molecule has 0 aliphatic rings. The molecule has 0 aliphatic carbocycles. The summed E-state index contributed by atoms with van der Waals surface area (Å²) >= 11 is 5.18. The Morgan fingerprint density at radius 3 is 2.72 bits per heavy atom. The summed E-state index contributed by atoms with van der Waals surface area (Å²) in [6.45, 7) is 2.59. The van der Waals surface area contributed by atoms with Crippen molar-refractivity contribution in [3.63, 3.8) is 0 Å². The average molecular weight is 258 g/mol. The van der Waals surface area contributed by atoms with E-state index in [0.717, 1.165) is 5.69 Å². The van der Waals surface area contributed by atoms with Gasteiger partial charge in [0.25, 0.3) is 0 Å². The minimum atomic E-state index is 0.514. The van der Waals surface area contributed by atoms with Gasteiger partial charge in [0.15, 0.2) is 5.11 Å². The lowest BCUT2D eigenvalue weighted by Crippen LogP contribution is -2.28. The summed E-state index contributed by atoms with van der Waals surface area (Å²) in [6, 6.07) is 11.9. The van der Waals surface area contributed by atoms with Gasteiger partial charge >= 0.3 is 0 Å². The Morgan fingerprint density at radius 2 is 2.00 bits per heavy atom. The van der Waals surface area contributed by atoms with Crippen molar-refractivity contribution in [1.82, 2.24) is 15.3 Å². The fourth-order valence-electron chi connectivity index (χ4n) is 1.43. The molecule has 5 heteroatoms. The van der Waals surface area contributed by atoms with E-state index in [1.807, 2.05) is 43.3 Å². The molecule has 0 spiro atoms. The van der Waals surface area contributed by atoms with Crippen molar-refractivity contribution in [3.05, 3.63) is 53.9 Å². The molecule has 1 aromatic carbocycles. The molecular formula is C13H14N4S. The molecule has 92 valence electrons. The summed E-state index contributed by atoms with van der Waals surface area (Å²) in [7, 11) is 0. The predicted octanol–water partition coefficient (Wildman–Crippen LogP) is 2.27. The Kier molecular flexibility index (Phi) is 4.20. The Bertz CT molecular complexity index is 528. The van der Waals surface area contributed by atoms with Crippen LogP contribution in [0.15, 0.2) is 42.6 Å². The van der Waals surface area contributed by atoms with Crippen molar-refractivity contribution < 1.29 is 0 Å². The summed E-state index contributed by atoms with van der Waals surface area (Å²) in [5.74, 6) is 0.514. The number of rotatable bonds is 3. The lowest BCUT2D eigenvalue weighted by molar-refractivity contribution is 0.922. The summed E-state index contributed by atoms with van der Waals surface area (Å²) in [5.41, 5.74) is 2.07. The topological polar surface area (TPSA) is 49.8 Å². The van der Waals surface area contributed by atoms with E-state index in [9.17, 15) is 0 Å². The van der Waals surface area contributed by atoms with E-state index >= 15 is 0 Å². The molecule has 0 aliphatic heterocycles. The van der Waals surface area contributed by atoms with Gasteiger partial charge in [0.2, 0.25) is 5.95 Å². The van der Waals surface area contributed by atoms with Gasteiger partial charge in [0, 0.05) is 18.4 Å². The SMILES string of the molecule is Cc1ccnc(NC(=S)NCc2ccccc2)n1. The fraction of sp³-hybridized carbons (Fsp3) is 0.154. The Labute approximate surface area is 111 Å². The summed E-state index contributed by atoms with van der Waals surface area (Å²) in [6.07, 6.45) is 1.70. The molecule has 0 radical (unpaired) electrons. The van der Waals surface area contributed by atoms with Gasteiger partial charge in [-0.15, -0.1) is 0 Å². The number of benzene rings is 1. The smallest absolute Gasteiger partial charge is 0.229 e. The first-order chi connectivity index (χ1) is 8.74. The minimum absolute atomic E-state index is 0.514. The normalized spacial score (nSPS) is 9.83. The number of hydrogen-bond acceptors (Lipinski definition) is 3. The second-order valence-electron chi connectivity index (χ2n) is 3.81. The minimum Gasteiger partial charge on any atom is -0.358 e. The highest BCUT2D eigenvalue weighted by molar-refractivity contribution is 7.80. The standard InChI is InChI=1S/C13H14N4S/c1-10-7-8-14-12(16-10)17-13(18)15-9-11-5-3-2-4-6-11/h2-8H,9H2,1H3,(H2,14,15,16,17,18). The first-order valence-corrected chi connectivity index (χ1v) is 6.03. The zero-order chi connectivity index (χ0) is 12.8. The van der Waals surface area contributed by atoms with Crippen LogP contribution in [-0.2, 0) is 6.54 Å². The van der Waals surface area contributed by atoms with Crippen LogP contribution in [0, 0.1) is 6.92 Å².